The lowest BCUT2D eigenvalue weighted by Crippen LogP contribution is -2.39. The second-order valence-corrected chi connectivity index (χ2v) is 8.63. The van der Waals surface area contributed by atoms with Crippen LogP contribution in [-0.2, 0) is 21.4 Å². The van der Waals surface area contributed by atoms with E-state index in [0.717, 1.165) is 11.1 Å². The average molecular weight is 433 g/mol. The highest BCUT2D eigenvalue weighted by atomic mass is 32.2. The largest absolute Gasteiger partial charge is 0.334 e. The lowest BCUT2D eigenvalue weighted by molar-refractivity contribution is -0.115. The highest BCUT2D eigenvalue weighted by Gasteiger charge is 2.21. The van der Waals surface area contributed by atoms with E-state index in [1.165, 1.54) is 16.4 Å². The van der Waals surface area contributed by atoms with E-state index in [-0.39, 0.29) is 11.4 Å². The van der Waals surface area contributed by atoms with Crippen molar-refractivity contribution in [2.75, 3.05) is 25.0 Å². The summed E-state index contributed by atoms with van der Waals surface area (Å²) in [6.45, 7) is 6.33. The summed E-state index contributed by atoms with van der Waals surface area (Å²) in [6.07, 6.45) is 0. The van der Waals surface area contributed by atoms with Crippen molar-refractivity contribution in [2.45, 2.75) is 32.2 Å². The van der Waals surface area contributed by atoms with Gasteiger partial charge in [0.05, 0.1) is 11.4 Å². The van der Waals surface area contributed by atoms with Crippen LogP contribution in [0.5, 0.6) is 0 Å². The molecular formula is C21H28N4O4S. The number of carbonyl (C=O) groups excluding carboxylic acids is 2. The molecule has 0 saturated heterocycles. The lowest BCUT2D eigenvalue weighted by Gasteiger charge is -2.18. The van der Waals surface area contributed by atoms with Gasteiger partial charge in [-0.05, 0) is 30.7 Å². The summed E-state index contributed by atoms with van der Waals surface area (Å²) in [6, 6.07) is 13.3. The SMILES string of the molecule is CCN(CC)S(=O)(=O)c1cccc(NC(=O)CNC(=O)NCc2ccc(C)cc2)c1. The van der Waals surface area contributed by atoms with Gasteiger partial charge in [-0.3, -0.25) is 4.79 Å². The zero-order valence-electron chi connectivity index (χ0n) is 17.4. The van der Waals surface area contributed by atoms with Crippen LogP contribution in [0.1, 0.15) is 25.0 Å². The molecule has 0 spiro atoms. The molecule has 0 radical (unpaired) electrons. The smallest absolute Gasteiger partial charge is 0.315 e. The van der Waals surface area contributed by atoms with Crippen LogP contribution in [0.15, 0.2) is 53.4 Å². The molecule has 0 aliphatic rings. The van der Waals surface area contributed by atoms with E-state index in [9.17, 15) is 18.0 Å². The number of anilines is 1. The number of rotatable bonds is 9. The fourth-order valence-electron chi connectivity index (χ4n) is 2.76. The highest BCUT2D eigenvalue weighted by molar-refractivity contribution is 7.89. The zero-order chi connectivity index (χ0) is 22.1. The Hall–Kier alpha value is -2.91. The Morgan fingerprint density at radius 1 is 0.967 bits per heavy atom. The van der Waals surface area contributed by atoms with Crippen LogP contribution >= 0.6 is 0 Å². The first kappa shape index (κ1) is 23.4. The number of urea groups is 1. The molecule has 0 unspecified atom stereocenters. The van der Waals surface area contributed by atoms with Crippen molar-refractivity contribution in [3.63, 3.8) is 0 Å². The van der Waals surface area contributed by atoms with E-state index in [2.05, 4.69) is 16.0 Å². The minimum absolute atomic E-state index is 0.104. The normalized spacial score (nSPS) is 11.2. The maximum absolute atomic E-state index is 12.6. The van der Waals surface area contributed by atoms with Gasteiger partial charge in [-0.2, -0.15) is 4.31 Å². The number of amides is 3. The molecule has 162 valence electrons. The number of hydrogen-bond donors (Lipinski definition) is 3. The third kappa shape index (κ3) is 6.57. The number of sulfonamides is 1. The van der Waals surface area contributed by atoms with Gasteiger partial charge in [0.15, 0.2) is 0 Å². The Kier molecular flexibility index (Phi) is 8.37. The summed E-state index contributed by atoms with van der Waals surface area (Å²) in [7, 11) is -3.62. The van der Waals surface area contributed by atoms with Crippen molar-refractivity contribution >= 4 is 27.6 Å². The average Bonchev–Trinajstić information content (AvgIpc) is 2.72. The number of nitrogens with zero attached hydrogens (tertiary/aromatic N) is 1. The minimum atomic E-state index is -3.62. The van der Waals surface area contributed by atoms with Crippen molar-refractivity contribution in [1.29, 1.82) is 0 Å². The number of benzene rings is 2. The number of carbonyl (C=O) groups is 2. The molecule has 0 aliphatic heterocycles. The van der Waals surface area contributed by atoms with Gasteiger partial charge in [-0.25, -0.2) is 13.2 Å². The fourth-order valence-corrected chi connectivity index (χ4v) is 4.27. The molecule has 8 nitrogen and oxygen atoms in total. The van der Waals surface area contributed by atoms with Gasteiger partial charge in [-0.1, -0.05) is 49.7 Å². The molecule has 0 saturated carbocycles. The lowest BCUT2D eigenvalue weighted by atomic mass is 10.1. The first-order valence-corrected chi connectivity index (χ1v) is 11.2. The van der Waals surface area contributed by atoms with Crippen LogP contribution in [-0.4, -0.2) is 44.3 Å². The van der Waals surface area contributed by atoms with Gasteiger partial charge in [0, 0.05) is 25.3 Å². The molecule has 3 amide bonds. The highest BCUT2D eigenvalue weighted by Crippen LogP contribution is 2.19. The van der Waals surface area contributed by atoms with Crippen LogP contribution in [0.4, 0.5) is 10.5 Å². The van der Waals surface area contributed by atoms with Crippen molar-refractivity contribution < 1.29 is 18.0 Å². The second-order valence-electron chi connectivity index (χ2n) is 6.69. The fraction of sp³-hybridized carbons (Fsp3) is 0.333. The molecule has 3 N–H and O–H groups in total. The predicted octanol–water partition coefficient (Wildman–Crippen LogP) is 2.46. The molecule has 2 aromatic rings. The first-order chi connectivity index (χ1) is 14.3. The Balaban J connectivity index is 1.87. The monoisotopic (exact) mass is 432 g/mol. The van der Waals surface area contributed by atoms with E-state index in [1.807, 2.05) is 31.2 Å². The summed E-state index contributed by atoms with van der Waals surface area (Å²) in [4.78, 5) is 24.1. The van der Waals surface area contributed by atoms with Crippen LogP contribution in [0.3, 0.4) is 0 Å². The number of nitrogens with one attached hydrogen (secondary N) is 3. The van der Waals surface area contributed by atoms with Gasteiger partial charge in [0.1, 0.15) is 0 Å². The van der Waals surface area contributed by atoms with Crippen molar-refractivity contribution in [3.8, 4) is 0 Å². The van der Waals surface area contributed by atoms with Gasteiger partial charge in [0.25, 0.3) is 0 Å². The molecule has 0 bridgehead atoms. The Bertz CT molecular complexity index is 971. The van der Waals surface area contributed by atoms with Gasteiger partial charge in [-0.15, -0.1) is 0 Å². The molecule has 0 atom stereocenters. The summed E-state index contributed by atoms with van der Waals surface area (Å²) >= 11 is 0. The van der Waals surface area contributed by atoms with Crippen molar-refractivity contribution in [2.24, 2.45) is 0 Å². The molecule has 30 heavy (non-hydrogen) atoms. The third-order valence-corrected chi connectivity index (χ3v) is 6.49. The molecule has 0 aromatic heterocycles. The van der Waals surface area contributed by atoms with Crippen LogP contribution in [0.25, 0.3) is 0 Å². The van der Waals surface area contributed by atoms with Gasteiger partial charge >= 0.3 is 6.03 Å². The molecule has 9 heteroatoms. The molecule has 2 aromatic carbocycles. The zero-order valence-corrected chi connectivity index (χ0v) is 18.3. The predicted molar refractivity (Wildman–Crippen MR) is 117 cm³/mol. The van der Waals surface area contributed by atoms with E-state index < -0.39 is 22.0 Å². The second kappa shape index (κ2) is 10.7. The van der Waals surface area contributed by atoms with E-state index in [0.29, 0.717) is 25.3 Å². The first-order valence-electron chi connectivity index (χ1n) is 9.73. The Morgan fingerprint density at radius 2 is 1.63 bits per heavy atom. The quantitative estimate of drug-likeness (QED) is 0.566. The summed E-state index contributed by atoms with van der Waals surface area (Å²) in [5, 5.41) is 7.75. The Labute approximate surface area is 177 Å². The minimum Gasteiger partial charge on any atom is -0.334 e. The van der Waals surface area contributed by atoms with Crippen molar-refractivity contribution in [1.82, 2.24) is 14.9 Å². The molecule has 0 aliphatic carbocycles. The maximum Gasteiger partial charge on any atom is 0.315 e. The standard InChI is InChI=1S/C21H28N4O4S/c1-4-25(5-2)30(28,29)19-8-6-7-18(13-19)24-20(26)15-23-21(27)22-14-17-11-9-16(3)10-12-17/h6-13H,4-5,14-15H2,1-3H3,(H,24,26)(H2,22,23,27). The van der Waals surface area contributed by atoms with E-state index in [4.69, 9.17) is 0 Å². The Morgan fingerprint density at radius 3 is 2.27 bits per heavy atom. The van der Waals surface area contributed by atoms with E-state index in [1.54, 1.807) is 26.0 Å². The van der Waals surface area contributed by atoms with Gasteiger partial charge < -0.3 is 16.0 Å². The van der Waals surface area contributed by atoms with Crippen LogP contribution in [0, 0.1) is 6.92 Å². The third-order valence-electron chi connectivity index (χ3n) is 4.44. The summed E-state index contributed by atoms with van der Waals surface area (Å²) in [5.74, 6) is -0.460. The molecular weight excluding hydrogens is 404 g/mol. The topological polar surface area (TPSA) is 108 Å². The van der Waals surface area contributed by atoms with Crippen LogP contribution < -0.4 is 16.0 Å². The van der Waals surface area contributed by atoms with Gasteiger partial charge in [0.2, 0.25) is 15.9 Å². The molecule has 0 fully saturated rings. The van der Waals surface area contributed by atoms with Crippen LogP contribution in [0.2, 0.25) is 0 Å². The summed E-state index contributed by atoms with van der Waals surface area (Å²) in [5.41, 5.74) is 2.43. The number of hydrogen-bond acceptors (Lipinski definition) is 4. The van der Waals surface area contributed by atoms with E-state index >= 15 is 0 Å². The maximum atomic E-state index is 12.6. The summed E-state index contributed by atoms with van der Waals surface area (Å²) < 4.78 is 26.5. The number of aryl methyl sites for hydroxylation is 1. The van der Waals surface area contributed by atoms with Crippen molar-refractivity contribution in [3.05, 3.63) is 59.7 Å². The molecule has 0 heterocycles. The molecule has 2 rings (SSSR count).